The Labute approximate surface area is 126 Å². The molecule has 2 aromatic rings. The van der Waals surface area contributed by atoms with Gasteiger partial charge in [-0.2, -0.15) is 0 Å². The van der Waals surface area contributed by atoms with Gasteiger partial charge in [0.2, 0.25) is 0 Å². The Hall–Kier alpha value is -1.39. The Kier molecular flexibility index (Phi) is 3.05. The molecular formula is C17H24N4. The van der Waals surface area contributed by atoms with Crippen molar-refractivity contribution in [2.75, 3.05) is 13.1 Å². The first-order chi connectivity index (χ1) is 10.1. The minimum atomic E-state index is 0.196. The summed E-state index contributed by atoms with van der Waals surface area (Å²) in [6.07, 6.45) is 7.04. The number of fused-ring (bicyclic) bond motifs is 1. The molecule has 4 nitrogen and oxygen atoms in total. The van der Waals surface area contributed by atoms with Crippen LogP contribution in [0.1, 0.15) is 32.4 Å². The van der Waals surface area contributed by atoms with E-state index in [0.29, 0.717) is 6.04 Å². The highest BCUT2D eigenvalue weighted by Gasteiger charge is 2.40. The summed E-state index contributed by atoms with van der Waals surface area (Å²) in [6, 6.07) is 6.84. The molecule has 1 saturated carbocycles. The van der Waals surface area contributed by atoms with E-state index in [4.69, 9.17) is 4.98 Å². The zero-order chi connectivity index (χ0) is 14.4. The maximum Gasteiger partial charge on any atom is 0.137 e. The average Bonchev–Trinajstić information content (AvgIpc) is 3.21. The molecule has 0 amide bonds. The number of piperazine rings is 1. The number of nitrogens with one attached hydrogen (secondary N) is 1. The number of rotatable bonds is 3. The summed E-state index contributed by atoms with van der Waals surface area (Å²) < 4.78 is 2.11. The molecule has 1 aliphatic heterocycles. The summed E-state index contributed by atoms with van der Waals surface area (Å²) >= 11 is 0. The van der Waals surface area contributed by atoms with Crippen LogP contribution in [0.25, 0.3) is 5.65 Å². The zero-order valence-corrected chi connectivity index (χ0v) is 12.9. The number of pyridine rings is 1. The van der Waals surface area contributed by atoms with Crippen molar-refractivity contribution >= 4 is 5.65 Å². The van der Waals surface area contributed by atoms with Gasteiger partial charge in [-0.15, -0.1) is 0 Å². The lowest BCUT2D eigenvalue weighted by molar-refractivity contribution is 0.0524. The van der Waals surface area contributed by atoms with Gasteiger partial charge in [0.25, 0.3) is 0 Å². The van der Waals surface area contributed by atoms with E-state index in [9.17, 15) is 0 Å². The van der Waals surface area contributed by atoms with Crippen molar-refractivity contribution in [2.24, 2.45) is 5.92 Å². The third-order valence-electron chi connectivity index (χ3n) is 5.03. The largest absolute Gasteiger partial charge is 0.311 e. The van der Waals surface area contributed by atoms with Gasteiger partial charge in [0.05, 0.1) is 5.69 Å². The van der Waals surface area contributed by atoms with E-state index >= 15 is 0 Å². The summed E-state index contributed by atoms with van der Waals surface area (Å²) in [5.74, 6) is 0.907. The Morgan fingerprint density at radius 3 is 2.95 bits per heavy atom. The smallest absolute Gasteiger partial charge is 0.137 e. The van der Waals surface area contributed by atoms with Crippen molar-refractivity contribution < 1.29 is 0 Å². The highest BCUT2D eigenvalue weighted by Crippen LogP contribution is 2.36. The standard InChI is InChI=1S/C17H24N4/c1-17(2)12-18-15(13-6-7-13)11-21(17)10-14-9-20-8-4-3-5-16(20)19-14/h3-5,8-9,13,15,18H,6-7,10-12H2,1-2H3. The van der Waals surface area contributed by atoms with Crippen molar-refractivity contribution in [3.63, 3.8) is 0 Å². The fourth-order valence-corrected chi connectivity index (χ4v) is 3.39. The quantitative estimate of drug-likeness (QED) is 0.938. The average molecular weight is 284 g/mol. The molecule has 1 atom stereocenters. The number of imidazole rings is 1. The third-order valence-corrected chi connectivity index (χ3v) is 5.03. The molecule has 0 radical (unpaired) electrons. The molecule has 21 heavy (non-hydrogen) atoms. The van der Waals surface area contributed by atoms with Crippen LogP contribution in [0.2, 0.25) is 0 Å². The molecule has 2 fully saturated rings. The maximum absolute atomic E-state index is 4.76. The first-order valence-corrected chi connectivity index (χ1v) is 8.03. The summed E-state index contributed by atoms with van der Waals surface area (Å²) in [5.41, 5.74) is 2.41. The van der Waals surface area contributed by atoms with Crippen LogP contribution >= 0.6 is 0 Å². The van der Waals surface area contributed by atoms with Crippen molar-refractivity contribution in [1.82, 2.24) is 19.6 Å². The molecule has 1 saturated heterocycles. The second-order valence-electron chi connectivity index (χ2n) is 7.22. The lowest BCUT2D eigenvalue weighted by Crippen LogP contribution is -2.62. The van der Waals surface area contributed by atoms with E-state index in [2.05, 4.69) is 53.0 Å². The molecule has 2 aliphatic rings. The Morgan fingerprint density at radius 1 is 1.33 bits per heavy atom. The lowest BCUT2D eigenvalue weighted by Gasteiger charge is -2.46. The second kappa shape index (κ2) is 4.82. The molecule has 1 aliphatic carbocycles. The van der Waals surface area contributed by atoms with Gasteiger partial charge in [0, 0.05) is 43.6 Å². The maximum atomic E-state index is 4.76. The lowest BCUT2D eigenvalue weighted by atomic mass is 9.95. The van der Waals surface area contributed by atoms with E-state index in [-0.39, 0.29) is 5.54 Å². The van der Waals surface area contributed by atoms with Gasteiger partial charge >= 0.3 is 0 Å². The van der Waals surface area contributed by atoms with Crippen LogP contribution in [0.15, 0.2) is 30.6 Å². The van der Waals surface area contributed by atoms with Crippen LogP contribution in [0.4, 0.5) is 0 Å². The summed E-state index contributed by atoms with van der Waals surface area (Å²) in [7, 11) is 0. The molecular weight excluding hydrogens is 260 g/mol. The topological polar surface area (TPSA) is 32.6 Å². The highest BCUT2D eigenvalue weighted by atomic mass is 15.3. The van der Waals surface area contributed by atoms with Gasteiger partial charge in [-0.3, -0.25) is 4.90 Å². The molecule has 1 N–H and O–H groups in total. The molecule has 1 unspecified atom stereocenters. The fourth-order valence-electron chi connectivity index (χ4n) is 3.39. The van der Waals surface area contributed by atoms with E-state index in [1.54, 1.807) is 0 Å². The predicted octanol–water partition coefficient (Wildman–Crippen LogP) is 2.30. The van der Waals surface area contributed by atoms with Gasteiger partial charge in [-0.1, -0.05) is 6.07 Å². The number of hydrogen-bond donors (Lipinski definition) is 1. The first kappa shape index (κ1) is 13.3. The van der Waals surface area contributed by atoms with E-state index in [1.165, 1.54) is 18.5 Å². The minimum absolute atomic E-state index is 0.196. The van der Waals surface area contributed by atoms with Gasteiger partial charge in [-0.05, 0) is 44.7 Å². The highest BCUT2D eigenvalue weighted by molar-refractivity contribution is 5.39. The normalized spacial score (nSPS) is 26.3. The first-order valence-electron chi connectivity index (χ1n) is 8.03. The van der Waals surface area contributed by atoms with Crippen LogP contribution < -0.4 is 5.32 Å². The number of nitrogens with zero attached hydrogens (tertiary/aromatic N) is 3. The zero-order valence-electron chi connectivity index (χ0n) is 12.9. The van der Waals surface area contributed by atoms with Crippen molar-refractivity contribution in [3.05, 3.63) is 36.3 Å². The molecule has 2 aromatic heterocycles. The molecule has 4 rings (SSSR count). The predicted molar refractivity (Wildman–Crippen MR) is 84.2 cm³/mol. The van der Waals surface area contributed by atoms with Crippen molar-refractivity contribution in [1.29, 1.82) is 0 Å². The van der Waals surface area contributed by atoms with Gasteiger partial charge in [-0.25, -0.2) is 4.98 Å². The van der Waals surface area contributed by atoms with Crippen LogP contribution in [-0.4, -0.2) is 39.0 Å². The Morgan fingerprint density at radius 2 is 2.19 bits per heavy atom. The Balaban J connectivity index is 1.55. The van der Waals surface area contributed by atoms with Crippen LogP contribution in [0.3, 0.4) is 0 Å². The SMILES string of the molecule is CC1(C)CNC(C2CC2)CN1Cc1cn2ccccc2n1. The van der Waals surface area contributed by atoms with Crippen LogP contribution in [0.5, 0.6) is 0 Å². The van der Waals surface area contributed by atoms with Crippen molar-refractivity contribution in [2.45, 2.75) is 44.8 Å². The summed E-state index contributed by atoms with van der Waals surface area (Å²) in [5, 5.41) is 3.75. The number of aromatic nitrogens is 2. The van der Waals surface area contributed by atoms with Gasteiger partial charge < -0.3 is 9.72 Å². The second-order valence-corrected chi connectivity index (χ2v) is 7.22. The molecule has 0 aromatic carbocycles. The summed E-state index contributed by atoms with van der Waals surface area (Å²) in [4.78, 5) is 7.36. The van der Waals surface area contributed by atoms with E-state index in [0.717, 1.165) is 31.2 Å². The van der Waals surface area contributed by atoms with Crippen molar-refractivity contribution in [3.8, 4) is 0 Å². The monoisotopic (exact) mass is 284 g/mol. The minimum Gasteiger partial charge on any atom is -0.311 e. The molecule has 0 bridgehead atoms. The molecule has 3 heterocycles. The summed E-state index contributed by atoms with van der Waals surface area (Å²) in [6.45, 7) is 7.82. The molecule has 0 spiro atoms. The van der Waals surface area contributed by atoms with Crippen LogP contribution in [0, 0.1) is 5.92 Å². The number of hydrogen-bond acceptors (Lipinski definition) is 3. The Bertz CT molecular complexity index is 608. The van der Waals surface area contributed by atoms with Crippen LogP contribution in [-0.2, 0) is 6.54 Å². The van der Waals surface area contributed by atoms with Gasteiger partial charge in [0.15, 0.2) is 0 Å². The van der Waals surface area contributed by atoms with E-state index < -0.39 is 0 Å². The molecule has 112 valence electrons. The fraction of sp³-hybridized carbons (Fsp3) is 0.588. The third kappa shape index (κ3) is 2.58. The van der Waals surface area contributed by atoms with Gasteiger partial charge in [0.1, 0.15) is 5.65 Å². The molecule has 4 heteroatoms. The van der Waals surface area contributed by atoms with E-state index in [1.807, 2.05) is 6.07 Å².